The molecule has 1 heterocycles. The fourth-order valence-electron chi connectivity index (χ4n) is 4.69. The first-order valence-electron chi connectivity index (χ1n) is 11.9. The summed E-state index contributed by atoms with van der Waals surface area (Å²) in [5, 5.41) is 10.7. The van der Waals surface area contributed by atoms with Gasteiger partial charge in [-0.2, -0.15) is 0 Å². The summed E-state index contributed by atoms with van der Waals surface area (Å²) in [4.78, 5) is 0. The van der Waals surface area contributed by atoms with Crippen LogP contribution in [0.5, 0.6) is 34.5 Å². The molecule has 7 nitrogen and oxygen atoms in total. The highest BCUT2D eigenvalue weighted by atomic mass is 16.5. The fourth-order valence-corrected chi connectivity index (χ4v) is 4.69. The molecule has 0 spiro atoms. The van der Waals surface area contributed by atoms with Crippen molar-refractivity contribution in [1.29, 1.82) is 0 Å². The summed E-state index contributed by atoms with van der Waals surface area (Å²) >= 11 is 0. The molecule has 0 atom stereocenters. The molecule has 37 heavy (non-hydrogen) atoms. The van der Waals surface area contributed by atoms with Crippen LogP contribution in [0.3, 0.4) is 0 Å². The van der Waals surface area contributed by atoms with E-state index in [1.807, 2.05) is 30.3 Å². The number of aromatic hydroxyl groups is 1. The zero-order valence-electron chi connectivity index (χ0n) is 22.3. The van der Waals surface area contributed by atoms with Gasteiger partial charge in [-0.15, -0.1) is 0 Å². The molecule has 3 aromatic carbocycles. The van der Waals surface area contributed by atoms with E-state index in [9.17, 15) is 5.11 Å². The summed E-state index contributed by atoms with van der Waals surface area (Å²) in [6.07, 6.45) is 0. The van der Waals surface area contributed by atoms with E-state index in [0.29, 0.717) is 29.5 Å². The van der Waals surface area contributed by atoms with Gasteiger partial charge in [0, 0.05) is 23.4 Å². The van der Waals surface area contributed by atoms with Crippen molar-refractivity contribution >= 4 is 0 Å². The molecule has 0 amide bonds. The van der Waals surface area contributed by atoms with Crippen molar-refractivity contribution in [1.82, 2.24) is 4.57 Å². The Morgan fingerprint density at radius 1 is 0.676 bits per heavy atom. The molecule has 0 aliphatic carbocycles. The Morgan fingerprint density at radius 3 is 1.81 bits per heavy atom. The molecule has 0 saturated heterocycles. The molecule has 0 aliphatic heterocycles. The molecule has 0 bridgehead atoms. The summed E-state index contributed by atoms with van der Waals surface area (Å²) in [6.45, 7) is 4.84. The van der Waals surface area contributed by atoms with Gasteiger partial charge in [-0.25, -0.2) is 0 Å². The van der Waals surface area contributed by atoms with E-state index in [1.165, 1.54) is 7.11 Å². The number of phenols is 1. The van der Waals surface area contributed by atoms with Crippen LogP contribution in [0.25, 0.3) is 22.4 Å². The maximum Gasteiger partial charge on any atom is 0.203 e. The lowest BCUT2D eigenvalue weighted by molar-refractivity contribution is 0.324. The number of nitrogens with zero attached hydrogens (tertiary/aromatic N) is 1. The fraction of sp³-hybridized carbons (Fsp3) is 0.267. The van der Waals surface area contributed by atoms with E-state index < -0.39 is 0 Å². The summed E-state index contributed by atoms with van der Waals surface area (Å²) < 4.78 is 29.7. The van der Waals surface area contributed by atoms with Crippen LogP contribution < -0.4 is 23.7 Å². The van der Waals surface area contributed by atoms with E-state index in [4.69, 9.17) is 23.7 Å². The molecule has 4 rings (SSSR count). The average molecular weight is 504 g/mol. The first kappa shape index (κ1) is 25.8. The SMILES string of the molecule is COc1ccc(Cn2c(C)c(C)c(-c3cc(OC)c(OC)c(OC)c3)c2-c2ccc(OC)c(O)c2)cc1. The molecule has 1 N–H and O–H groups in total. The van der Waals surface area contributed by atoms with Gasteiger partial charge < -0.3 is 33.4 Å². The number of phenolic OH excluding ortho intramolecular Hbond substituents is 1. The number of aromatic nitrogens is 1. The molecule has 0 unspecified atom stereocenters. The van der Waals surface area contributed by atoms with Gasteiger partial charge in [0.25, 0.3) is 0 Å². The maximum atomic E-state index is 10.7. The minimum atomic E-state index is 0.0725. The van der Waals surface area contributed by atoms with Crippen molar-refractivity contribution < 1.29 is 28.8 Å². The van der Waals surface area contributed by atoms with Gasteiger partial charge in [0.2, 0.25) is 5.75 Å². The predicted octanol–water partition coefficient (Wildman–Crippen LogP) is 6.24. The molecular formula is C30H33NO6. The molecule has 194 valence electrons. The summed E-state index contributed by atoms with van der Waals surface area (Å²) in [5.74, 6) is 2.97. The van der Waals surface area contributed by atoms with Crippen LogP contribution in [0.4, 0.5) is 0 Å². The second-order valence-electron chi connectivity index (χ2n) is 8.67. The molecular weight excluding hydrogens is 470 g/mol. The standard InChI is InChI=1S/C30H33NO6/c1-18-19(2)31(17-20-8-11-23(33-3)12-9-20)29(21-10-13-25(34-4)24(32)14-21)28(18)22-15-26(35-5)30(37-7)27(16-22)36-6/h8-16,32H,17H2,1-7H3. The second-order valence-corrected chi connectivity index (χ2v) is 8.67. The molecule has 7 heteroatoms. The van der Waals surface area contributed by atoms with Crippen LogP contribution in [-0.4, -0.2) is 45.2 Å². The molecule has 0 radical (unpaired) electrons. The third kappa shape index (κ3) is 4.77. The van der Waals surface area contributed by atoms with Crippen molar-refractivity contribution in [3.05, 3.63) is 71.4 Å². The highest BCUT2D eigenvalue weighted by Crippen LogP contribution is 2.46. The van der Waals surface area contributed by atoms with Gasteiger partial charge >= 0.3 is 0 Å². The van der Waals surface area contributed by atoms with Gasteiger partial charge in [-0.05, 0) is 73.0 Å². The number of methoxy groups -OCH3 is 5. The molecule has 1 aromatic heterocycles. The number of ether oxygens (including phenoxy) is 5. The van der Waals surface area contributed by atoms with Gasteiger partial charge in [0.05, 0.1) is 41.2 Å². The number of rotatable bonds is 9. The van der Waals surface area contributed by atoms with Gasteiger partial charge in [-0.1, -0.05) is 12.1 Å². The zero-order chi connectivity index (χ0) is 26.7. The maximum absolute atomic E-state index is 10.7. The molecule has 0 fully saturated rings. The van der Waals surface area contributed by atoms with Crippen LogP contribution in [0, 0.1) is 13.8 Å². The van der Waals surface area contributed by atoms with Crippen molar-refractivity contribution in [2.45, 2.75) is 20.4 Å². The Labute approximate surface area is 217 Å². The summed E-state index contributed by atoms with van der Waals surface area (Å²) in [6, 6.07) is 17.4. The highest BCUT2D eigenvalue weighted by Gasteiger charge is 2.24. The van der Waals surface area contributed by atoms with Crippen molar-refractivity contribution in [2.75, 3.05) is 35.5 Å². The van der Waals surface area contributed by atoms with Crippen LogP contribution in [0.15, 0.2) is 54.6 Å². The van der Waals surface area contributed by atoms with Crippen molar-refractivity contribution in [3.63, 3.8) is 0 Å². The number of benzene rings is 3. The third-order valence-corrected chi connectivity index (χ3v) is 6.73. The van der Waals surface area contributed by atoms with E-state index in [0.717, 1.165) is 45.0 Å². The van der Waals surface area contributed by atoms with Crippen LogP contribution in [0.1, 0.15) is 16.8 Å². The van der Waals surface area contributed by atoms with E-state index >= 15 is 0 Å². The van der Waals surface area contributed by atoms with Crippen LogP contribution in [-0.2, 0) is 6.54 Å². The summed E-state index contributed by atoms with van der Waals surface area (Å²) in [7, 11) is 8.00. The lowest BCUT2D eigenvalue weighted by atomic mass is 9.96. The predicted molar refractivity (Wildman–Crippen MR) is 145 cm³/mol. The third-order valence-electron chi connectivity index (χ3n) is 6.73. The molecule has 0 saturated carbocycles. The Morgan fingerprint density at radius 2 is 1.30 bits per heavy atom. The minimum Gasteiger partial charge on any atom is -0.504 e. The van der Waals surface area contributed by atoms with Gasteiger partial charge in [-0.3, -0.25) is 0 Å². The second kappa shape index (κ2) is 10.8. The Balaban J connectivity index is 2.00. The Hall–Kier alpha value is -4.26. The van der Waals surface area contributed by atoms with Crippen molar-refractivity contribution in [3.8, 4) is 56.9 Å². The smallest absolute Gasteiger partial charge is 0.203 e. The normalized spacial score (nSPS) is 10.8. The lowest BCUT2D eigenvalue weighted by Crippen LogP contribution is -2.04. The lowest BCUT2D eigenvalue weighted by Gasteiger charge is -2.17. The topological polar surface area (TPSA) is 71.3 Å². The Kier molecular flexibility index (Phi) is 7.53. The number of hydrogen-bond donors (Lipinski definition) is 1. The average Bonchev–Trinajstić information content (AvgIpc) is 3.17. The van der Waals surface area contributed by atoms with Gasteiger partial charge in [0.15, 0.2) is 23.0 Å². The largest absolute Gasteiger partial charge is 0.504 e. The molecule has 0 aliphatic rings. The Bertz CT molecular complexity index is 1380. The van der Waals surface area contributed by atoms with E-state index in [-0.39, 0.29) is 5.75 Å². The van der Waals surface area contributed by atoms with Crippen LogP contribution in [0.2, 0.25) is 0 Å². The minimum absolute atomic E-state index is 0.0725. The first-order valence-corrected chi connectivity index (χ1v) is 11.9. The first-order chi connectivity index (χ1) is 17.9. The monoisotopic (exact) mass is 503 g/mol. The number of hydrogen-bond acceptors (Lipinski definition) is 6. The highest BCUT2D eigenvalue weighted by molar-refractivity contribution is 5.88. The van der Waals surface area contributed by atoms with Gasteiger partial charge in [0.1, 0.15) is 5.75 Å². The van der Waals surface area contributed by atoms with E-state index in [2.05, 4.69) is 30.5 Å². The molecule has 4 aromatic rings. The van der Waals surface area contributed by atoms with Crippen LogP contribution >= 0.6 is 0 Å². The zero-order valence-corrected chi connectivity index (χ0v) is 22.3. The quantitative estimate of drug-likeness (QED) is 0.292. The van der Waals surface area contributed by atoms with Crippen molar-refractivity contribution in [2.24, 2.45) is 0 Å². The summed E-state index contributed by atoms with van der Waals surface area (Å²) in [5.41, 5.74) is 7.06. The van der Waals surface area contributed by atoms with E-state index in [1.54, 1.807) is 40.6 Å².